The van der Waals surface area contributed by atoms with Crippen molar-refractivity contribution < 1.29 is 4.92 Å². The smallest absolute Gasteiger partial charge is 0.324 e. The summed E-state index contributed by atoms with van der Waals surface area (Å²) in [5, 5.41) is 12.2. The Bertz CT molecular complexity index is 305. The maximum atomic E-state index is 10.3. The Hall–Kier alpha value is -0.690. The van der Waals surface area contributed by atoms with Gasteiger partial charge in [0.2, 0.25) is 0 Å². The van der Waals surface area contributed by atoms with Crippen molar-refractivity contribution in [1.29, 1.82) is 0 Å². The molecule has 0 amide bonds. The Morgan fingerprint density at radius 1 is 1.64 bits per heavy atom. The zero-order chi connectivity index (χ0) is 9.84. The van der Waals surface area contributed by atoms with Gasteiger partial charge in [-0.2, -0.15) is 0 Å². The third-order valence-electron chi connectivity index (χ3n) is 1.69. The van der Waals surface area contributed by atoms with Crippen LogP contribution in [-0.2, 0) is 0 Å². The molecular weight excluding hydrogens is 226 g/mol. The first-order valence-corrected chi connectivity index (χ1v) is 4.71. The zero-order valence-electron chi connectivity index (χ0n) is 7.38. The Morgan fingerprint density at radius 3 is 2.71 bits per heavy atom. The number of halogens is 1. The molecule has 0 aliphatic carbocycles. The summed E-state index contributed by atoms with van der Waals surface area (Å²) < 4.78 is 0. The van der Waals surface area contributed by atoms with E-state index in [4.69, 9.17) is 11.5 Å². The normalized spacial score (nSPS) is 11.9. The van der Waals surface area contributed by atoms with E-state index in [1.807, 2.05) is 0 Å². The van der Waals surface area contributed by atoms with Crippen molar-refractivity contribution in [2.45, 2.75) is 12.5 Å². The predicted molar refractivity (Wildman–Crippen MR) is 58.8 cm³/mol. The van der Waals surface area contributed by atoms with Gasteiger partial charge in [-0.15, -0.1) is 12.4 Å². The minimum Gasteiger partial charge on any atom is -0.330 e. The highest BCUT2D eigenvalue weighted by Crippen LogP contribution is 2.26. The lowest BCUT2D eigenvalue weighted by Crippen LogP contribution is -2.14. The molecule has 1 rings (SSSR count). The molecule has 0 aliphatic rings. The highest BCUT2D eigenvalue weighted by atomic mass is 35.5. The molecular formula is C7H12ClN3O2S. The van der Waals surface area contributed by atoms with Crippen LogP contribution in [0.4, 0.5) is 5.00 Å². The van der Waals surface area contributed by atoms with Gasteiger partial charge in [0.1, 0.15) is 0 Å². The minimum absolute atomic E-state index is 0. The van der Waals surface area contributed by atoms with Gasteiger partial charge in [0.25, 0.3) is 0 Å². The summed E-state index contributed by atoms with van der Waals surface area (Å²) in [5.74, 6) is 0. The molecule has 7 heteroatoms. The fourth-order valence-electron chi connectivity index (χ4n) is 0.975. The molecule has 0 unspecified atom stereocenters. The van der Waals surface area contributed by atoms with Crippen LogP contribution < -0.4 is 11.5 Å². The lowest BCUT2D eigenvalue weighted by atomic mass is 10.1. The third-order valence-corrected chi connectivity index (χ3v) is 2.59. The first-order valence-electron chi connectivity index (χ1n) is 3.83. The number of rotatable bonds is 4. The van der Waals surface area contributed by atoms with Gasteiger partial charge in [-0.3, -0.25) is 10.1 Å². The van der Waals surface area contributed by atoms with E-state index in [-0.39, 0.29) is 23.4 Å². The van der Waals surface area contributed by atoms with Crippen molar-refractivity contribution in [2.75, 3.05) is 6.54 Å². The van der Waals surface area contributed by atoms with Crippen LogP contribution in [0.3, 0.4) is 0 Å². The van der Waals surface area contributed by atoms with Gasteiger partial charge in [-0.05, 0) is 18.5 Å². The second kappa shape index (κ2) is 5.92. The van der Waals surface area contributed by atoms with Crippen LogP contribution in [0.5, 0.6) is 0 Å². The Kier molecular flexibility index (Phi) is 5.63. The highest BCUT2D eigenvalue weighted by Gasteiger charge is 2.13. The molecule has 1 aromatic rings. The molecule has 1 heterocycles. The number of thiophene rings is 1. The van der Waals surface area contributed by atoms with Crippen molar-refractivity contribution >= 4 is 28.7 Å². The van der Waals surface area contributed by atoms with Crippen molar-refractivity contribution in [3.8, 4) is 0 Å². The van der Waals surface area contributed by atoms with Crippen LogP contribution >= 0.6 is 23.7 Å². The van der Waals surface area contributed by atoms with E-state index >= 15 is 0 Å². The summed E-state index contributed by atoms with van der Waals surface area (Å²) in [7, 11) is 0. The summed E-state index contributed by atoms with van der Waals surface area (Å²) in [4.78, 5) is 9.93. The van der Waals surface area contributed by atoms with Crippen LogP contribution in [0.25, 0.3) is 0 Å². The van der Waals surface area contributed by atoms with E-state index in [1.165, 1.54) is 6.07 Å². The zero-order valence-corrected chi connectivity index (χ0v) is 9.01. The molecule has 0 radical (unpaired) electrons. The SMILES string of the molecule is Cl.NCC[C@@H](N)c1csc([N+](=O)[O-])c1. The Balaban J connectivity index is 0.00000169. The standard InChI is InChI=1S/C7H11N3O2S.ClH/c8-2-1-6(9)5-3-7(10(11)12)13-4-5;/h3-4,6H,1-2,8-9H2;1H/t6-;/m1./s1. The molecule has 1 atom stereocenters. The van der Waals surface area contributed by atoms with Gasteiger partial charge < -0.3 is 11.5 Å². The summed E-state index contributed by atoms with van der Waals surface area (Å²) in [6.07, 6.45) is 0.647. The number of hydrogen-bond acceptors (Lipinski definition) is 5. The van der Waals surface area contributed by atoms with Gasteiger partial charge in [0.05, 0.1) is 4.92 Å². The highest BCUT2D eigenvalue weighted by molar-refractivity contribution is 7.13. The Labute approximate surface area is 91.7 Å². The summed E-state index contributed by atoms with van der Waals surface area (Å²) in [6.45, 7) is 0.491. The molecule has 80 valence electrons. The molecule has 0 aromatic carbocycles. The van der Waals surface area contributed by atoms with Crippen LogP contribution in [-0.4, -0.2) is 11.5 Å². The topological polar surface area (TPSA) is 95.2 Å². The molecule has 4 N–H and O–H groups in total. The summed E-state index contributed by atoms with van der Waals surface area (Å²) in [5.41, 5.74) is 11.8. The average Bonchev–Trinajstić information content (AvgIpc) is 2.52. The van der Waals surface area contributed by atoms with Gasteiger partial charge >= 0.3 is 5.00 Å². The van der Waals surface area contributed by atoms with Crippen molar-refractivity contribution in [3.63, 3.8) is 0 Å². The van der Waals surface area contributed by atoms with Gasteiger partial charge in [0.15, 0.2) is 0 Å². The molecule has 0 bridgehead atoms. The summed E-state index contributed by atoms with van der Waals surface area (Å²) >= 11 is 1.09. The maximum absolute atomic E-state index is 10.3. The average molecular weight is 238 g/mol. The number of hydrogen-bond donors (Lipinski definition) is 2. The molecule has 0 saturated heterocycles. The van der Waals surface area contributed by atoms with Crippen LogP contribution in [0.15, 0.2) is 11.4 Å². The van der Waals surface area contributed by atoms with E-state index in [9.17, 15) is 10.1 Å². The number of nitrogens with two attached hydrogens (primary N) is 2. The second-order valence-electron chi connectivity index (χ2n) is 2.66. The molecule has 0 saturated carbocycles. The van der Waals surface area contributed by atoms with Crippen molar-refractivity contribution in [2.24, 2.45) is 11.5 Å². The number of nitrogens with zero attached hydrogens (tertiary/aromatic N) is 1. The lowest BCUT2D eigenvalue weighted by Gasteiger charge is -2.05. The van der Waals surface area contributed by atoms with E-state index < -0.39 is 4.92 Å². The fourth-order valence-corrected chi connectivity index (χ4v) is 1.77. The molecule has 0 fully saturated rings. The second-order valence-corrected chi connectivity index (χ2v) is 3.55. The summed E-state index contributed by atoms with van der Waals surface area (Å²) in [6, 6.07) is 1.32. The minimum atomic E-state index is -0.413. The van der Waals surface area contributed by atoms with Crippen LogP contribution in [0, 0.1) is 10.1 Å². The molecule has 0 spiro atoms. The van der Waals surface area contributed by atoms with E-state index in [2.05, 4.69) is 0 Å². The van der Waals surface area contributed by atoms with Gasteiger partial charge in [-0.25, -0.2) is 0 Å². The molecule has 5 nitrogen and oxygen atoms in total. The number of nitro groups is 1. The fraction of sp³-hybridized carbons (Fsp3) is 0.429. The molecule has 1 aromatic heterocycles. The van der Waals surface area contributed by atoms with Crippen LogP contribution in [0.1, 0.15) is 18.0 Å². The van der Waals surface area contributed by atoms with Crippen molar-refractivity contribution in [3.05, 3.63) is 27.1 Å². The Morgan fingerprint density at radius 2 is 2.29 bits per heavy atom. The van der Waals surface area contributed by atoms with E-state index in [0.29, 0.717) is 13.0 Å². The largest absolute Gasteiger partial charge is 0.330 e. The first kappa shape index (κ1) is 13.3. The van der Waals surface area contributed by atoms with E-state index in [0.717, 1.165) is 16.9 Å². The van der Waals surface area contributed by atoms with Crippen molar-refractivity contribution in [1.82, 2.24) is 0 Å². The predicted octanol–water partition coefficient (Wildman–Crippen LogP) is 1.43. The third kappa shape index (κ3) is 3.22. The molecule has 14 heavy (non-hydrogen) atoms. The lowest BCUT2D eigenvalue weighted by molar-refractivity contribution is -0.380. The monoisotopic (exact) mass is 237 g/mol. The maximum Gasteiger partial charge on any atom is 0.324 e. The molecule has 0 aliphatic heterocycles. The van der Waals surface area contributed by atoms with Crippen LogP contribution in [0.2, 0.25) is 0 Å². The van der Waals surface area contributed by atoms with Gasteiger partial charge in [0, 0.05) is 17.5 Å². The van der Waals surface area contributed by atoms with E-state index in [1.54, 1.807) is 5.38 Å². The quantitative estimate of drug-likeness (QED) is 0.612. The van der Waals surface area contributed by atoms with Gasteiger partial charge in [-0.1, -0.05) is 11.3 Å². The first-order chi connectivity index (χ1) is 6.15.